The van der Waals surface area contributed by atoms with E-state index in [4.69, 9.17) is 4.74 Å². The summed E-state index contributed by atoms with van der Waals surface area (Å²) in [5.41, 5.74) is 0.252. The molecule has 0 unspecified atom stereocenters. The molecule has 0 saturated carbocycles. The first-order chi connectivity index (χ1) is 12.9. The topological polar surface area (TPSA) is 119 Å². The maximum Gasteiger partial charge on any atom is 0.270 e. The van der Waals surface area contributed by atoms with Crippen molar-refractivity contribution in [2.24, 2.45) is 0 Å². The zero-order valence-corrected chi connectivity index (χ0v) is 14.3. The number of ether oxygens (including phenoxy) is 1. The van der Waals surface area contributed by atoms with Crippen LogP contribution in [-0.2, 0) is 4.74 Å². The van der Waals surface area contributed by atoms with Gasteiger partial charge in [0.25, 0.3) is 23.4 Å². The Morgan fingerprint density at radius 1 is 1.15 bits per heavy atom. The lowest BCUT2D eigenvalue weighted by molar-refractivity contribution is -0.384. The second kappa shape index (κ2) is 7.34. The van der Waals surface area contributed by atoms with Crippen molar-refractivity contribution >= 4 is 29.1 Å². The maximum atomic E-state index is 12.6. The summed E-state index contributed by atoms with van der Waals surface area (Å²) < 4.78 is 4.86. The molecule has 1 aliphatic heterocycles. The Bertz CT molecular complexity index is 956. The largest absolute Gasteiger partial charge is 0.383 e. The normalized spacial score (nSPS) is 12.9. The Morgan fingerprint density at radius 2 is 1.89 bits per heavy atom. The SMILES string of the molecule is COCCNC(=O)c1cccc(N2C(=O)c3ccc([N+](=O)[O-])cc3C2=O)c1. The van der Waals surface area contributed by atoms with E-state index in [-0.39, 0.29) is 34.0 Å². The van der Waals surface area contributed by atoms with Crippen LogP contribution in [0.4, 0.5) is 11.4 Å². The minimum atomic E-state index is -0.671. The number of benzene rings is 2. The third-order valence-electron chi connectivity index (χ3n) is 4.04. The number of imide groups is 1. The Hall–Kier alpha value is -3.59. The second-order valence-electron chi connectivity index (χ2n) is 5.73. The van der Waals surface area contributed by atoms with E-state index in [0.29, 0.717) is 13.2 Å². The van der Waals surface area contributed by atoms with Crippen LogP contribution < -0.4 is 10.2 Å². The molecule has 3 rings (SSSR count). The molecule has 0 radical (unpaired) electrons. The van der Waals surface area contributed by atoms with Gasteiger partial charge in [-0.1, -0.05) is 6.07 Å². The fourth-order valence-electron chi connectivity index (χ4n) is 2.73. The van der Waals surface area contributed by atoms with Gasteiger partial charge < -0.3 is 10.1 Å². The summed E-state index contributed by atoms with van der Waals surface area (Å²) >= 11 is 0. The third-order valence-corrected chi connectivity index (χ3v) is 4.04. The minimum absolute atomic E-state index is 0.0378. The first kappa shape index (κ1) is 18.2. The van der Waals surface area contributed by atoms with Crippen molar-refractivity contribution in [3.05, 3.63) is 69.3 Å². The summed E-state index contributed by atoms with van der Waals surface area (Å²) in [5, 5.41) is 13.6. The van der Waals surface area contributed by atoms with Crippen molar-refractivity contribution in [1.29, 1.82) is 0 Å². The zero-order chi connectivity index (χ0) is 19.6. The predicted molar refractivity (Wildman–Crippen MR) is 94.9 cm³/mol. The van der Waals surface area contributed by atoms with Crippen molar-refractivity contribution in [3.63, 3.8) is 0 Å². The van der Waals surface area contributed by atoms with Crippen LogP contribution in [0.1, 0.15) is 31.1 Å². The van der Waals surface area contributed by atoms with E-state index in [9.17, 15) is 24.5 Å². The van der Waals surface area contributed by atoms with Gasteiger partial charge in [-0.2, -0.15) is 0 Å². The molecule has 9 heteroatoms. The van der Waals surface area contributed by atoms with Gasteiger partial charge in [-0.25, -0.2) is 4.90 Å². The van der Waals surface area contributed by atoms with Crippen LogP contribution in [0.25, 0.3) is 0 Å². The number of carbonyl (C=O) groups is 3. The summed E-state index contributed by atoms with van der Waals surface area (Å²) in [6.45, 7) is 0.666. The number of amides is 3. The van der Waals surface area contributed by atoms with E-state index < -0.39 is 16.7 Å². The molecule has 0 spiro atoms. The quantitative estimate of drug-likeness (QED) is 0.359. The smallest absolute Gasteiger partial charge is 0.270 e. The average molecular weight is 369 g/mol. The number of nitrogens with zero attached hydrogens (tertiary/aromatic N) is 2. The fourth-order valence-corrected chi connectivity index (χ4v) is 2.73. The van der Waals surface area contributed by atoms with Gasteiger partial charge in [0.2, 0.25) is 0 Å². The van der Waals surface area contributed by atoms with Crippen molar-refractivity contribution < 1.29 is 24.0 Å². The molecule has 0 bridgehead atoms. The summed E-state index contributed by atoms with van der Waals surface area (Å²) in [7, 11) is 1.51. The Kier molecular flexibility index (Phi) is 4.95. The highest BCUT2D eigenvalue weighted by Gasteiger charge is 2.38. The van der Waals surface area contributed by atoms with Crippen LogP contribution in [0.2, 0.25) is 0 Å². The molecule has 0 saturated heterocycles. The molecule has 1 aliphatic rings. The Morgan fingerprint density at radius 3 is 2.59 bits per heavy atom. The van der Waals surface area contributed by atoms with Gasteiger partial charge in [-0.15, -0.1) is 0 Å². The van der Waals surface area contributed by atoms with Crippen molar-refractivity contribution in [1.82, 2.24) is 5.32 Å². The van der Waals surface area contributed by atoms with E-state index in [1.54, 1.807) is 12.1 Å². The second-order valence-corrected chi connectivity index (χ2v) is 5.73. The molecule has 2 aromatic rings. The van der Waals surface area contributed by atoms with Gasteiger partial charge in [-0.05, 0) is 24.3 Å². The monoisotopic (exact) mass is 369 g/mol. The number of nitro groups is 1. The van der Waals surface area contributed by atoms with Crippen molar-refractivity contribution in [3.8, 4) is 0 Å². The summed E-state index contributed by atoms with van der Waals surface area (Å²) in [5.74, 6) is -1.64. The molecule has 9 nitrogen and oxygen atoms in total. The summed E-state index contributed by atoms with van der Waals surface area (Å²) in [4.78, 5) is 48.6. The average Bonchev–Trinajstić information content (AvgIpc) is 2.92. The maximum absolute atomic E-state index is 12.6. The molecule has 0 aromatic heterocycles. The molecule has 0 fully saturated rings. The number of fused-ring (bicyclic) bond motifs is 1. The number of hydrogen-bond acceptors (Lipinski definition) is 6. The molecule has 0 aliphatic carbocycles. The standard InChI is InChI=1S/C18H15N3O6/c1-27-8-7-19-16(22)11-3-2-4-12(9-11)20-17(23)14-6-5-13(21(25)26)10-15(14)18(20)24/h2-6,9-10H,7-8H2,1H3,(H,19,22). The van der Waals surface area contributed by atoms with Gasteiger partial charge in [0.1, 0.15) is 0 Å². The number of carbonyl (C=O) groups excluding carboxylic acids is 3. The van der Waals surface area contributed by atoms with Gasteiger partial charge in [-0.3, -0.25) is 24.5 Å². The first-order valence-electron chi connectivity index (χ1n) is 7.98. The Labute approximate surface area is 153 Å². The van der Waals surface area contributed by atoms with E-state index in [0.717, 1.165) is 11.0 Å². The zero-order valence-electron chi connectivity index (χ0n) is 14.3. The number of hydrogen-bond donors (Lipinski definition) is 1. The van der Waals surface area contributed by atoms with Gasteiger partial charge in [0, 0.05) is 31.4 Å². The van der Waals surface area contributed by atoms with E-state index in [1.807, 2.05) is 0 Å². The number of nitro benzene ring substituents is 1. The molecule has 138 valence electrons. The molecular weight excluding hydrogens is 354 g/mol. The number of anilines is 1. The van der Waals surface area contributed by atoms with Crippen LogP contribution in [0.3, 0.4) is 0 Å². The number of nitrogens with one attached hydrogen (secondary N) is 1. The third kappa shape index (κ3) is 3.40. The number of rotatable bonds is 6. The fraction of sp³-hybridized carbons (Fsp3) is 0.167. The van der Waals surface area contributed by atoms with E-state index >= 15 is 0 Å². The van der Waals surface area contributed by atoms with Crippen LogP contribution in [0.5, 0.6) is 0 Å². The molecule has 27 heavy (non-hydrogen) atoms. The van der Waals surface area contributed by atoms with Crippen LogP contribution in [0, 0.1) is 10.1 Å². The van der Waals surface area contributed by atoms with Crippen molar-refractivity contribution in [2.45, 2.75) is 0 Å². The lowest BCUT2D eigenvalue weighted by Gasteiger charge is -2.15. The Balaban J connectivity index is 1.90. The molecule has 2 aromatic carbocycles. The summed E-state index contributed by atoms with van der Waals surface area (Å²) in [6.07, 6.45) is 0. The molecule has 0 atom stereocenters. The molecular formula is C18H15N3O6. The van der Waals surface area contributed by atoms with Crippen LogP contribution in [-0.4, -0.2) is 42.9 Å². The van der Waals surface area contributed by atoms with Gasteiger partial charge >= 0.3 is 0 Å². The molecule has 3 amide bonds. The lowest BCUT2D eigenvalue weighted by atomic mass is 10.1. The first-order valence-corrected chi connectivity index (χ1v) is 7.98. The summed E-state index contributed by atoms with van der Waals surface area (Å²) in [6, 6.07) is 9.54. The minimum Gasteiger partial charge on any atom is -0.383 e. The van der Waals surface area contributed by atoms with Crippen LogP contribution in [0.15, 0.2) is 42.5 Å². The van der Waals surface area contributed by atoms with Gasteiger partial charge in [0.05, 0.1) is 28.3 Å². The highest BCUT2D eigenvalue weighted by molar-refractivity contribution is 6.34. The van der Waals surface area contributed by atoms with Crippen molar-refractivity contribution in [2.75, 3.05) is 25.2 Å². The highest BCUT2D eigenvalue weighted by atomic mass is 16.6. The van der Waals surface area contributed by atoms with Gasteiger partial charge in [0.15, 0.2) is 0 Å². The van der Waals surface area contributed by atoms with E-state index in [2.05, 4.69) is 5.32 Å². The number of non-ortho nitro benzene ring substituents is 1. The predicted octanol–water partition coefficient (Wildman–Crippen LogP) is 1.77. The highest BCUT2D eigenvalue weighted by Crippen LogP contribution is 2.31. The van der Waals surface area contributed by atoms with Crippen LogP contribution >= 0.6 is 0 Å². The molecule has 1 N–H and O–H groups in total. The lowest BCUT2D eigenvalue weighted by Crippen LogP contribution is -2.30. The number of methoxy groups -OCH3 is 1. The van der Waals surface area contributed by atoms with E-state index in [1.165, 1.54) is 31.4 Å². The molecule has 1 heterocycles.